The number of ether oxygens (including phenoxy) is 2. The van der Waals surface area contributed by atoms with Crippen LogP contribution in [0.5, 0.6) is 0 Å². The molecule has 0 aromatic heterocycles. The normalized spacial score (nSPS) is 28.7. The van der Waals surface area contributed by atoms with E-state index in [-0.39, 0.29) is 17.8 Å². The van der Waals surface area contributed by atoms with Crippen molar-refractivity contribution >= 4 is 5.78 Å². The number of carbonyl (C=O) groups is 1. The predicted molar refractivity (Wildman–Crippen MR) is 91.0 cm³/mol. The second-order valence-corrected chi connectivity index (χ2v) is 6.38. The zero-order chi connectivity index (χ0) is 16.4. The highest BCUT2D eigenvalue weighted by Crippen LogP contribution is 2.39. The van der Waals surface area contributed by atoms with E-state index >= 15 is 0 Å². The molecule has 2 saturated heterocycles. The lowest BCUT2D eigenvalue weighted by Crippen LogP contribution is -2.54. The van der Waals surface area contributed by atoms with Gasteiger partial charge in [0.25, 0.3) is 0 Å². The van der Waals surface area contributed by atoms with Gasteiger partial charge >= 0.3 is 0 Å². The Morgan fingerprint density at radius 1 is 1.12 bits per heavy atom. The summed E-state index contributed by atoms with van der Waals surface area (Å²) in [5, 5.41) is 3.37. The lowest BCUT2D eigenvalue weighted by molar-refractivity contribution is -0.0501. The Hall–Kier alpha value is -2.01. The van der Waals surface area contributed by atoms with Gasteiger partial charge in [-0.25, -0.2) is 0 Å². The Bertz CT molecular complexity index is 699. The summed E-state index contributed by atoms with van der Waals surface area (Å²) in [7, 11) is 0. The number of benzene rings is 2. The van der Waals surface area contributed by atoms with Crippen molar-refractivity contribution in [2.45, 2.75) is 24.2 Å². The number of carbonyl (C=O) groups excluding carboxylic acids is 1. The number of epoxide rings is 1. The molecule has 124 valence electrons. The molecule has 4 nitrogen and oxygen atoms in total. The number of hydrogen-bond donors (Lipinski definition) is 1. The summed E-state index contributed by atoms with van der Waals surface area (Å²) >= 11 is 0. The van der Waals surface area contributed by atoms with Crippen LogP contribution in [0.1, 0.15) is 28.3 Å². The first-order chi connectivity index (χ1) is 11.8. The molecule has 24 heavy (non-hydrogen) atoms. The second kappa shape index (κ2) is 6.48. The summed E-state index contributed by atoms with van der Waals surface area (Å²) in [5.41, 5.74) is 0.780. The molecule has 3 atom stereocenters. The minimum absolute atomic E-state index is 0.00453. The molecule has 4 heteroatoms. The van der Waals surface area contributed by atoms with Crippen molar-refractivity contribution < 1.29 is 14.3 Å². The molecule has 2 aromatic carbocycles. The average molecular weight is 323 g/mol. The van der Waals surface area contributed by atoms with Gasteiger partial charge in [-0.1, -0.05) is 60.7 Å². The summed E-state index contributed by atoms with van der Waals surface area (Å²) < 4.78 is 11.5. The van der Waals surface area contributed by atoms with E-state index in [2.05, 4.69) is 17.4 Å². The van der Waals surface area contributed by atoms with Gasteiger partial charge in [-0.3, -0.25) is 10.1 Å². The van der Waals surface area contributed by atoms with Crippen LogP contribution < -0.4 is 5.32 Å². The molecule has 2 aliphatic rings. The molecule has 2 fully saturated rings. The molecule has 2 heterocycles. The molecule has 0 unspecified atom stereocenters. The molecule has 0 aliphatic carbocycles. The molecule has 2 aliphatic heterocycles. The van der Waals surface area contributed by atoms with Crippen LogP contribution in [0, 0.1) is 0 Å². The van der Waals surface area contributed by atoms with Gasteiger partial charge in [-0.15, -0.1) is 0 Å². The average Bonchev–Trinajstić information content (AvgIpc) is 3.39. The van der Waals surface area contributed by atoms with Crippen LogP contribution in [0.4, 0.5) is 0 Å². The van der Waals surface area contributed by atoms with Gasteiger partial charge in [0.2, 0.25) is 5.78 Å². The fraction of sp³-hybridized carbons (Fsp3) is 0.350. The first kappa shape index (κ1) is 15.5. The van der Waals surface area contributed by atoms with Crippen molar-refractivity contribution in [1.82, 2.24) is 5.32 Å². The second-order valence-electron chi connectivity index (χ2n) is 6.38. The summed E-state index contributed by atoms with van der Waals surface area (Å²) in [6.45, 7) is 1.91. The molecule has 2 aromatic rings. The van der Waals surface area contributed by atoms with Crippen LogP contribution in [-0.2, 0) is 9.47 Å². The maximum atomic E-state index is 13.4. The van der Waals surface area contributed by atoms with E-state index in [4.69, 9.17) is 9.47 Å². The van der Waals surface area contributed by atoms with Gasteiger partial charge in [0.15, 0.2) is 5.72 Å². The van der Waals surface area contributed by atoms with Crippen LogP contribution in [0.3, 0.4) is 0 Å². The Labute approximate surface area is 141 Å². The monoisotopic (exact) mass is 323 g/mol. The van der Waals surface area contributed by atoms with E-state index in [9.17, 15) is 4.79 Å². The molecule has 1 N–H and O–H groups in total. The molecule has 4 rings (SSSR count). The van der Waals surface area contributed by atoms with E-state index in [1.807, 2.05) is 48.5 Å². The largest absolute Gasteiger partial charge is 0.371 e. The highest BCUT2D eigenvalue weighted by molar-refractivity contribution is 6.03. The topological polar surface area (TPSA) is 50.9 Å². The maximum Gasteiger partial charge on any atom is 0.210 e. The van der Waals surface area contributed by atoms with E-state index in [0.717, 1.165) is 18.5 Å². The third-order valence-electron chi connectivity index (χ3n) is 4.79. The van der Waals surface area contributed by atoms with Crippen molar-refractivity contribution in [3.8, 4) is 0 Å². The Kier molecular flexibility index (Phi) is 4.19. The van der Waals surface area contributed by atoms with Crippen molar-refractivity contribution in [3.05, 3.63) is 71.8 Å². The summed E-state index contributed by atoms with van der Waals surface area (Å²) in [5.74, 6) is -0.0136. The maximum absolute atomic E-state index is 13.4. The Morgan fingerprint density at radius 3 is 2.46 bits per heavy atom. The van der Waals surface area contributed by atoms with Crippen LogP contribution in [-0.4, -0.2) is 37.4 Å². The van der Waals surface area contributed by atoms with Crippen molar-refractivity contribution in [1.29, 1.82) is 0 Å². The van der Waals surface area contributed by atoms with Gasteiger partial charge in [0.05, 0.1) is 13.2 Å². The lowest BCUT2D eigenvalue weighted by Gasteiger charge is -2.34. The van der Waals surface area contributed by atoms with Crippen molar-refractivity contribution in [3.63, 3.8) is 0 Å². The highest BCUT2D eigenvalue weighted by atomic mass is 16.6. The highest BCUT2D eigenvalue weighted by Gasteiger charge is 2.51. The van der Waals surface area contributed by atoms with Gasteiger partial charge < -0.3 is 9.47 Å². The summed E-state index contributed by atoms with van der Waals surface area (Å²) in [4.78, 5) is 13.4. The van der Waals surface area contributed by atoms with Gasteiger partial charge in [-0.05, 0) is 18.5 Å². The predicted octanol–water partition coefficient (Wildman–Crippen LogP) is 2.76. The summed E-state index contributed by atoms with van der Waals surface area (Å²) in [6, 6.07) is 19.5. The first-order valence-corrected chi connectivity index (χ1v) is 8.45. The zero-order valence-corrected chi connectivity index (χ0v) is 13.5. The van der Waals surface area contributed by atoms with E-state index in [0.29, 0.717) is 18.8 Å². The minimum atomic E-state index is -1.02. The number of ketones is 1. The molecule has 0 saturated carbocycles. The number of hydrogen-bond acceptors (Lipinski definition) is 4. The van der Waals surface area contributed by atoms with Gasteiger partial charge in [0, 0.05) is 11.5 Å². The van der Waals surface area contributed by atoms with Gasteiger partial charge in [-0.2, -0.15) is 0 Å². The molecule has 0 spiro atoms. The van der Waals surface area contributed by atoms with E-state index in [1.165, 1.54) is 0 Å². The number of rotatable bonds is 6. The Balaban J connectivity index is 1.70. The molecular formula is C20H21NO3. The third-order valence-corrected chi connectivity index (χ3v) is 4.79. The molecular weight excluding hydrogens is 302 g/mol. The van der Waals surface area contributed by atoms with Crippen LogP contribution in [0.15, 0.2) is 60.7 Å². The fourth-order valence-corrected chi connectivity index (χ4v) is 3.46. The first-order valence-electron chi connectivity index (χ1n) is 8.45. The molecule has 0 bridgehead atoms. The van der Waals surface area contributed by atoms with Crippen molar-refractivity contribution in [2.75, 3.05) is 19.8 Å². The molecule has 0 amide bonds. The third kappa shape index (κ3) is 2.88. The van der Waals surface area contributed by atoms with Crippen LogP contribution in [0.2, 0.25) is 0 Å². The lowest BCUT2D eigenvalue weighted by atomic mass is 9.84. The quantitative estimate of drug-likeness (QED) is 0.656. The standard InChI is InChI=1S/C20H21NO3/c22-19(16-9-5-2-6-10-16)20(24-14-17-13-23-17)18(11-12-21-20)15-7-3-1-4-8-15/h1-10,17-18,21H,11-14H2/t17-,18-,20-/m1/s1. The van der Waals surface area contributed by atoms with Crippen molar-refractivity contribution in [2.24, 2.45) is 0 Å². The van der Waals surface area contributed by atoms with E-state index < -0.39 is 5.72 Å². The SMILES string of the molecule is O=C(c1ccccc1)[C@@]1(OC[C@H]2CO2)NCC[C@@H]1c1ccccc1. The Morgan fingerprint density at radius 2 is 1.79 bits per heavy atom. The number of nitrogens with one attached hydrogen (secondary N) is 1. The zero-order valence-electron chi connectivity index (χ0n) is 13.5. The molecule has 0 radical (unpaired) electrons. The van der Waals surface area contributed by atoms with Gasteiger partial charge in [0.1, 0.15) is 6.10 Å². The smallest absolute Gasteiger partial charge is 0.210 e. The minimum Gasteiger partial charge on any atom is -0.371 e. The fourth-order valence-electron chi connectivity index (χ4n) is 3.46. The van der Waals surface area contributed by atoms with E-state index in [1.54, 1.807) is 0 Å². The summed E-state index contributed by atoms with van der Waals surface area (Å²) in [6.07, 6.45) is 0.984. The van der Waals surface area contributed by atoms with Crippen LogP contribution >= 0.6 is 0 Å². The number of Topliss-reactive ketones (excluding diaryl/α,β-unsaturated/α-hetero) is 1. The van der Waals surface area contributed by atoms with Crippen LogP contribution in [0.25, 0.3) is 0 Å².